The van der Waals surface area contributed by atoms with Crippen LogP contribution in [0.15, 0.2) is 0 Å². The van der Waals surface area contributed by atoms with Crippen molar-refractivity contribution in [3.05, 3.63) is 0 Å². The van der Waals surface area contributed by atoms with Crippen molar-refractivity contribution >= 4 is 18.3 Å². The van der Waals surface area contributed by atoms with Crippen molar-refractivity contribution < 1.29 is 4.79 Å². The molecule has 1 rings (SSSR count). The number of nitrogens with one attached hydrogen (secondary N) is 1. The molecule has 3 nitrogen and oxygen atoms in total. The Morgan fingerprint density at radius 3 is 2.09 bits per heavy atom. The van der Waals surface area contributed by atoms with Crippen LogP contribution in [0.1, 0.15) is 26.7 Å². The number of rotatable bonds is 2. The lowest BCUT2D eigenvalue weighted by Crippen LogP contribution is -2.39. The highest BCUT2D eigenvalue weighted by Crippen LogP contribution is 2.51. The van der Waals surface area contributed by atoms with Crippen molar-refractivity contribution in [2.45, 2.75) is 26.7 Å². The van der Waals surface area contributed by atoms with E-state index in [1.54, 1.807) is 0 Å². The zero-order valence-electron chi connectivity index (χ0n) is 6.89. The minimum atomic E-state index is -0.116. The molecule has 1 fully saturated rings. The molecular weight excluding hydrogens is 164 g/mol. The van der Waals surface area contributed by atoms with Crippen LogP contribution < -0.4 is 11.3 Å². The highest BCUT2D eigenvalue weighted by molar-refractivity contribution is 5.85. The van der Waals surface area contributed by atoms with Crippen LogP contribution in [0.3, 0.4) is 0 Å². The Morgan fingerprint density at radius 2 is 2.00 bits per heavy atom. The minimum Gasteiger partial charge on any atom is -0.294 e. The molecule has 0 saturated heterocycles. The number of carbonyl (C=O) groups excluding carboxylic acids is 1. The molecule has 0 spiro atoms. The quantitative estimate of drug-likeness (QED) is 0.374. The highest BCUT2D eigenvalue weighted by atomic mass is 35.5. The summed E-state index contributed by atoms with van der Waals surface area (Å²) in [7, 11) is 0. The molecule has 0 unspecified atom stereocenters. The molecule has 0 aromatic heterocycles. The third-order valence-corrected chi connectivity index (χ3v) is 2.48. The Kier molecular flexibility index (Phi) is 3.32. The molecule has 66 valence electrons. The van der Waals surface area contributed by atoms with E-state index < -0.39 is 0 Å². The lowest BCUT2D eigenvalue weighted by Gasteiger charge is -2.16. The van der Waals surface area contributed by atoms with Crippen LogP contribution in [0.4, 0.5) is 0 Å². The average molecular weight is 179 g/mol. The fraction of sp³-hybridized carbons (Fsp3) is 0.857. The Balaban J connectivity index is 0.000001000. The summed E-state index contributed by atoms with van der Waals surface area (Å²) in [5.74, 6) is 5.45. The molecule has 0 aromatic carbocycles. The summed E-state index contributed by atoms with van der Waals surface area (Å²) in [6, 6.07) is 0. The summed E-state index contributed by atoms with van der Waals surface area (Å²) < 4.78 is 0. The van der Waals surface area contributed by atoms with Crippen molar-refractivity contribution in [1.82, 2.24) is 5.43 Å². The molecule has 1 saturated carbocycles. The molecule has 11 heavy (non-hydrogen) atoms. The summed E-state index contributed by atoms with van der Waals surface area (Å²) in [4.78, 5) is 11.1. The van der Waals surface area contributed by atoms with Gasteiger partial charge in [-0.05, 0) is 18.8 Å². The lowest BCUT2D eigenvalue weighted by atomic mass is 9.92. The van der Waals surface area contributed by atoms with E-state index in [4.69, 9.17) is 5.84 Å². The third-order valence-electron chi connectivity index (χ3n) is 2.48. The van der Waals surface area contributed by atoms with Crippen molar-refractivity contribution in [2.24, 2.45) is 17.2 Å². The van der Waals surface area contributed by atoms with Crippen molar-refractivity contribution in [2.75, 3.05) is 0 Å². The van der Waals surface area contributed by atoms with Gasteiger partial charge in [-0.2, -0.15) is 0 Å². The van der Waals surface area contributed by atoms with E-state index in [1.165, 1.54) is 0 Å². The van der Waals surface area contributed by atoms with Crippen molar-refractivity contribution in [3.8, 4) is 0 Å². The fourth-order valence-corrected chi connectivity index (χ4v) is 1.34. The zero-order chi connectivity index (χ0) is 7.78. The first-order chi connectivity index (χ1) is 4.63. The van der Waals surface area contributed by atoms with Gasteiger partial charge in [0.15, 0.2) is 0 Å². The number of amides is 1. The number of carbonyl (C=O) groups is 1. The monoisotopic (exact) mass is 178 g/mol. The first kappa shape index (κ1) is 10.7. The smallest absolute Gasteiger partial charge is 0.240 e. The maximum absolute atomic E-state index is 11.1. The molecular formula is C7H15ClN2O. The molecule has 3 N–H and O–H groups in total. The predicted octanol–water partition coefficient (Wildman–Crippen LogP) is 0.834. The number of hydrazine groups is 1. The van der Waals surface area contributed by atoms with E-state index in [9.17, 15) is 4.79 Å². The maximum atomic E-state index is 11.1. The molecule has 0 aromatic rings. The van der Waals surface area contributed by atoms with E-state index in [0.717, 1.165) is 12.8 Å². The van der Waals surface area contributed by atoms with Gasteiger partial charge in [0.05, 0.1) is 5.41 Å². The van der Waals surface area contributed by atoms with Gasteiger partial charge in [-0.25, -0.2) is 5.84 Å². The van der Waals surface area contributed by atoms with Gasteiger partial charge in [0.25, 0.3) is 0 Å². The maximum Gasteiger partial charge on any atom is 0.240 e. The summed E-state index contributed by atoms with van der Waals surface area (Å²) >= 11 is 0. The van der Waals surface area contributed by atoms with Gasteiger partial charge < -0.3 is 0 Å². The number of hydrogen-bond donors (Lipinski definition) is 2. The van der Waals surface area contributed by atoms with Crippen molar-refractivity contribution in [1.29, 1.82) is 0 Å². The van der Waals surface area contributed by atoms with Crippen LogP contribution in [0.2, 0.25) is 0 Å². The lowest BCUT2D eigenvalue weighted by molar-refractivity contribution is -0.127. The first-order valence-electron chi connectivity index (χ1n) is 3.64. The van der Waals surface area contributed by atoms with E-state index >= 15 is 0 Å². The van der Waals surface area contributed by atoms with Gasteiger partial charge in [-0.15, -0.1) is 12.4 Å². The topological polar surface area (TPSA) is 55.1 Å². The largest absolute Gasteiger partial charge is 0.294 e. The van der Waals surface area contributed by atoms with E-state index in [0.29, 0.717) is 5.92 Å². The Morgan fingerprint density at radius 1 is 1.55 bits per heavy atom. The Hall–Kier alpha value is -0.280. The fourth-order valence-electron chi connectivity index (χ4n) is 1.34. The van der Waals surface area contributed by atoms with Gasteiger partial charge >= 0.3 is 0 Å². The van der Waals surface area contributed by atoms with Crippen LogP contribution in [0.25, 0.3) is 0 Å². The van der Waals surface area contributed by atoms with Gasteiger partial charge in [-0.3, -0.25) is 10.2 Å². The summed E-state index contributed by atoms with van der Waals surface area (Å²) in [6.45, 7) is 4.12. The van der Waals surface area contributed by atoms with Gasteiger partial charge in [0, 0.05) is 0 Å². The molecule has 0 atom stereocenters. The zero-order valence-corrected chi connectivity index (χ0v) is 7.70. The minimum absolute atomic E-state index is 0. The van der Waals surface area contributed by atoms with Gasteiger partial charge in [0.2, 0.25) is 5.91 Å². The summed E-state index contributed by atoms with van der Waals surface area (Å²) in [5, 5.41) is 0. The van der Waals surface area contributed by atoms with Crippen LogP contribution in [-0.4, -0.2) is 5.91 Å². The second-order valence-electron chi connectivity index (χ2n) is 3.28. The number of nitrogens with two attached hydrogens (primary N) is 1. The molecule has 4 heteroatoms. The Labute approximate surface area is 73.1 Å². The van der Waals surface area contributed by atoms with Crippen molar-refractivity contribution in [3.63, 3.8) is 0 Å². The number of hydrogen-bond acceptors (Lipinski definition) is 2. The Bertz CT molecular complexity index is 155. The molecule has 0 bridgehead atoms. The molecule has 0 radical (unpaired) electrons. The van der Waals surface area contributed by atoms with E-state index in [-0.39, 0.29) is 23.7 Å². The summed E-state index contributed by atoms with van der Waals surface area (Å²) in [6.07, 6.45) is 1.99. The molecule has 0 aliphatic heterocycles. The van der Waals surface area contributed by atoms with Crippen LogP contribution in [0, 0.1) is 11.3 Å². The second-order valence-corrected chi connectivity index (χ2v) is 3.28. The summed E-state index contributed by atoms with van der Waals surface area (Å²) in [5.41, 5.74) is 2.09. The van der Waals surface area contributed by atoms with Crippen LogP contribution in [0.5, 0.6) is 0 Å². The van der Waals surface area contributed by atoms with Gasteiger partial charge in [0.1, 0.15) is 0 Å². The molecule has 1 amide bonds. The molecule has 0 heterocycles. The first-order valence-corrected chi connectivity index (χ1v) is 3.64. The standard InChI is InChI=1S/C7H14N2O.ClH/c1-5(2)7(3-4-7)6(10)9-8;/h5H,3-4,8H2,1-2H3,(H,9,10);1H. The number of halogens is 1. The van der Waals surface area contributed by atoms with E-state index in [2.05, 4.69) is 19.3 Å². The third kappa shape index (κ3) is 1.65. The van der Waals surface area contributed by atoms with Crippen LogP contribution in [-0.2, 0) is 4.79 Å². The van der Waals surface area contributed by atoms with E-state index in [1.807, 2.05) is 0 Å². The molecule has 1 aliphatic carbocycles. The predicted molar refractivity (Wildman–Crippen MR) is 46.1 cm³/mol. The van der Waals surface area contributed by atoms with Crippen LogP contribution >= 0.6 is 12.4 Å². The highest BCUT2D eigenvalue weighted by Gasteiger charge is 2.51. The normalized spacial score (nSPS) is 18.9. The molecule has 1 aliphatic rings. The van der Waals surface area contributed by atoms with Gasteiger partial charge in [-0.1, -0.05) is 13.8 Å². The average Bonchev–Trinajstić information content (AvgIpc) is 2.65. The second kappa shape index (κ2) is 3.41. The SMILES string of the molecule is CC(C)C1(C(=O)NN)CC1.Cl.